The Kier molecular flexibility index (Phi) is 2.52. The molecule has 5 nitrogen and oxygen atoms in total. The van der Waals surface area contributed by atoms with E-state index in [9.17, 15) is 5.26 Å². The van der Waals surface area contributed by atoms with Crippen LogP contribution in [0, 0.1) is 11.3 Å². The zero-order chi connectivity index (χ0) is 11.8. The number of nitrogens with zero attached hydrogens (tertiary/aromatic N) is 3. The molecule has 17 heavy (non-hydrogen) atoms. The standard InChI is InChI=1S/C12H16N4O/c13-7-10-11(8-3-5-17-6-4-8)15-16(12(10)14)9-1-2-9/h8-9H,1-6,14H2. The highest BCUT2D eigenvalue weighted by Crippen LogP contribution is 2.39. The maximum atomic E-state index is 9.23. The zero-order valence-corrected chi connectivity index (χ0v) is 9.72. The lowest BCUT2D eigenvalue weighted by molar-refractivity contribution is 0.0843. The van der Waals surface area contributed by atoms with Gasteiger partial charge in [0, 0.05) is 19.1 Å². The van der Waals surface area contributed by atoms with Gasteiger partial charge in [-0.15, -0.1) is 0 Å². The second-order valence-electron chi connectivity index (χ2n) is 4.82. The van der Waals surface area contributed by atoms with Gasteiger partial charge in [-0.1, -0.05) is 0 Å². The molecule has 1 saturated heterocycles. The topological polar surface area (TPSA) is 76.9 Å². The summed E-state index contributed by atoms with van der Waals surface area (Å²) in [5, 5.41) is 13.8. The number of ether oxygens (including phenoxy) is 1. The van der Waals surface area contributed by atoms with Crippen molar-refractivity contribution in [1.29, 1.82) is 5.26 Å². The number of nitrogen functional groups attached to an aromatic ring is 1. The summed E-state index contributed by atoms with van der Waals surface area (Å²) in [7, 11) is 0. The van der Waals surface area contributed by atoms with Crippen LogP contribution in [-0.4, -0.2) is 23.0 Å². The number of hydrogen-bond donors (Lipinski definition) is 1. The summed E-state index contributed by atoms with van der Waals surface area (Å²) in [5.41, 5.74) is 7.48. The van der Waals surface area contributed by atoms with Crippen molar-refractivity contribution in [3.63, 3.8) is 0 Å². The Balaban J connectivity index is 1.97. The Morgan fingerprint density at radius 3 is 2.59 bits per heavy atom. The highest BCUT2D eigenvalue weighted by molar-refractivity contribution is 5.53. The first-order chi connectivity index (χ1) is 8.31. The molecule has 2 N–H and O–H groups in total. The molecule has 90 valence electrons. The second-order valence-corrected chi connectivity index (χ2v) is 4.82. The van der Waals surface area contributed by atoms with Crippen LogP contribution < -0.4 is 5.73 Å². The number of hydrogen-bond acceptors (Lipinski definition) is 4. The van der Waals surface area contributed by atoms with Gasteiger partial charge >= 0.3 is 0 Å². The fourth-order valence-corrected chi connectivity index (χ4v) is 2.43. The molecule has 1 saturated carbocycles. The van der Waals surface area contributed by atoms with Gasteiger partial charge < -0.3 is 10.5 Å². The van der Waals surface area contributed by atoms with Gasteiger partial charge in [-0.05, 0) is 25.7 Å². The van der Waals surface area contributed by atoms with E-state index < -0.39 is 0 Å². The smallest absolute Gasteiger partial charge is 0.140 e. The molecule has 1 aromatic heterocycles. The SMILES string of the molecule is N#Cc1c(C2CCOCC2)nn(C2CC2)c1N. The van der Waals surface area contributed by atoms with Crippen molar-refractivity contribution in [2.45, 2.75) is 37.6 Å². The quantitative estimate of drug-likeness (QED) is 0.839. The lowest BCUT2D eigenvalue weighted by Gasteiger charge is -2.20. The molecule has 3 rings (SSSR count). The van der Waals surface area contributed by atoms with Crippen LogP contribution in [0.1, 0.15) is 48.9 Å². The summed E-state index contributed by atoms with van der Waals surface area (Å²) in [6.45, 7) is 1.51. The Labute approximate surface area is 100 Å². The minimum Gasteiger partial charge on any atom is -0.383 e. The van der Waals surface area contributed by atoms with Crippen molar-refractivity contribution >= 4 is 5.82 Å². The fourth-order valence-electron chi connectivity index (χ4n) is 2.43. The molecule has 2 heterocycles. The van der Waals surface area contributed by atoms with Crippen LogP contribution in [0.15, 0.2) is 0 Å². The summed E-state index contributed by atoms with van der Waals surface area (Å²) in [5.74, 6) is 0.886. The van der Waals surface area contributed by atoms with Gasteiger partial charge in [0.25, 0.3) is 0 Å². The largest absolute Gasteiger partial charge is 0.383 e. The van der Waals surface area contributed by atoms with Gasteiger partial charge in [0.15, 0.2) is 0 Å². The van der Waals surface area contributed by atoms with Crippen molar-refractivity contribution in [1.82, 2.24) is 9.78 Å². The van der Waals surface area contributed by atoms with Gasteiger partial charge in [0.1, 0.15) is 17.5 Å². The lowest BCUT2D eigenvalue weighted by Crippen LogP contribution is -2.15. The highest BCUT2D eigenvalue weighted by atomic mass is 16.5. The van der Waals surface area contributed by atoms with Gasteiger partial charge in [-0.25, -0.2) is 4.68 Å². The van der Waals surface area contributed by atoms with Gasteiger partial charge in [-0.3, -0.25) is 0 Å². The third kappa shape index (κ3) is 1.79. The predicted molar refractivity (Wildman–Crippen MR) is 62.4 cm³/mol. The number of rotatable bonds is 2. The summed E-state index contributed by atoms with van der Waals surface area (Å²) < 4.78 is 7.19. The third-order valence-corrected chi connectivity index (χ3v) is 3.59. The molecule has 0 spiro atoms. The molecule has 2 aliphatic rings. The number of aromatic nitrogens is 2. The molecule has 5 heteroatoms. The maximum Gasteiger partial charge on any atom is 0.140 e. The Bertz CT molecular complexity index is 464. The monoisotopic (exact) mass is 232 g/mol. The summed E-state index contributed by atoms with van der Waals surface area (Å²) >= 11 is 0. The molecule has 1 aromatic rings. The van der Waals surface area contributed by atoms with E-state index in [1.165, 1.54) is 0 Å². The first kappa shape index (κ1) is 10.6. The summed E-state index contributed by atoms with van der Waals surface area (Å²) in [4.78, 5) is 0. The number of nitrogens with two attached hydrogens (primary N) is 1. The lowest BCUT2D eigenvalue weighted by atomic mass is 9.94. The van der Waals surface area contributed by atoms with E-state index in [1.807, 2.05) is 4.68 Å². The summed E-state index contributed by atoms with van der Waals surface area (Å²) in [6, 6.07) is 2.64. The Morgan fingerprint density at radius 2 is 2.00 bits per heavy atom. The Morgan fingerprint density at radius 1 is 1.29 bits per heavy atom. The van der Waals surface area contributed by atoms with Crippen LogP contribution >= 0.6 is 0 Å². The van der Waals surface area contributed by atoms with Crippen molar-refractivity contribution in [2.24, 2.45) is 0 Å². The zero-order valence-electron chi connectivity index (χ0n) is 9.72. The summed E-state index contributed by atoms with van der Waals surface area (Å²) in [6.07, 6.45) is 4.14. The van der Waals surface area contributed by atoms with E-state index in [1.54, 1.807) is 0 Å². The molecular formula is C12H16N4O. The second kappa shape index (κ2) is 4.04. The maximum absolute atomic E-state index is 9.23. The van der Waals surface area contributed by atoms with E-state index in [4.69, 9.17) is 10.5 Å². The molecule has 1 aliphatic heterocycles. The van der Waals surface area contributed by atoms with E-state index in [0.29, 0.717) is 23.3 Å². The van der Waals surface area contributed by atoms with Crippen LogP contribution in [0.25, 0.3) is 0 Å². The molecule has 0 aromatic carbocycles. The fraction of sp³-hybridized carbons (Fsp3) is 0.667. The molecule has 2 fully saturated rings. The van der Waals surface area contributed by atoms with Crippen molar-refractivity contribution < 1.29 is 4.74 Å². The van der Waals surface area contributed by atoms with Crippen LogP contribution in [0.2, 0.25) is 0 Å². The first-order valence-corrected chi connectivity index (χ1v) is 6.17. The van der Waals surface area contributed by atoms with Crippen molar-refractivity contribution in [3.05, 3.63) is 11.3 Å². The molecule has 0 radical (unpaired) electrons. The van der Waals surface area contributed by atoms with Crippen molar-refractivity contribution in [2.75, 3.05) is 18.9 Å². The van der Waals surface area contributed by atoms with Crippen LogP contribution in [0.3, 0.4) is 0 Å². The van der Waals surface area contributed by atoms with E-state index in [-0.39, 0.29) is 0 Å². The molecule has 0 bridgehead atoms. The van der Waals surface area contributed by atoms with E-state index in [2.05, 4.69) is 11.2 Å². The van der Waals surface area contributed by atoms with Gasteiger partial charge in [0.05, 0.1) is 11.7 Å². The van der Waals surface area contributed by atoms with E-state index >= 15 is 0 Å². The molecular weight excluding hydrogens is 216 g/mol. The third-order valence-electron chi connectivity index (χ3n) is 3.59. The highest BCUT2D eigenvalue weighted by Gasteiger charge is 2.31. The van der Waals surface area contributed by atoms with E-state index in [0.717, 1.165) is 44.6 Å². The number of anilines is 1. The number of nitriles is 1. The minimum atomic E-state index is 0.334. The van der Waals surface area contributed by atoms with Crippen LogP contribution in [-0.2, 0) is 4.74 Å². The predicted octanol–water partition coefficient (Wildman–Crippen LogP) is 1.57. The Hall–Kier alpha value is -1.54. The van der Waals surface area contributed by atoms with Crippen molar-refractivity contribution in [3.8, 4) is 6.07 Å². The van der Waals surface area contributed by atoms with Gasteiger partial charge in [-0.2, -0.15) is 10.4 Å². The minimum absolute atomic E-state index is 0.334. The molecule has 0 atom stereocenters. The van der Waals surface area contributed by atoms with Crippen LogP contribution in [0.4, 0.5) is 5.82 Å². The average molecular weight is 232 g/mol. The first-order valence-electron chi connectivity index (χ1n) is 6.17. The molecule has 1 aliphatic carbocycles. The molecule has 0 unspecified atom stereocenters. The average Bonchev–Trinajstić information content (AvgIpc) is 3.15. The van der Waals surface area contributed by atoms with Gasteiger partial charge in [0.2, 0.25) is 0 Å². The normalized spacial score (nSPS) is 21.4. The molecule has 0 amide bonds. The van der Waals surface area contributed by atoms with Crippen LogP contribution in [0.5, 0.6) is 0 Å².